The second-order valence-corrected chi connectivity index (χ2v) is 7.79. The molecule has 1 aromatic heterocycles. The van der Waals surface area contributed by atoms with E-state index in [1.807, 2.05) is 11.5 Å². The van der Waals surface area contributed by atoms with E-state index >= 15 is 0 Å². The predicted molar refractivity (Wildman–Crippen MR) is 120 cm³/mol. The molecular weight excluding hydrogens is 433 g/mol. The summed E-state index contributed by atoms with van der Waals surface area (Å²) < 4.78 is 20.3. The van der Waals surface area contributed by atoms with Gasteiger partial charge in [-0.05, 0) is 55.8 Å². The summed E-state index contributed by atoms with van der Waals surface area (Å²) in [6.07, 6.45) is 0. The third kappa shape index (κ3) is 5.85. The van der Waals surface area contributed by atoms with Crippen molar-refractivity contribution in [1.29, 1.82) is 0 Å². The van der Waals surface area contributed by atoms with E-state index in [0.717, 1.165) is 5.56 Å². The molecule has 0 aliphatic rings. The number of amides is 2. The molecule has 0 fully saturated rings. The summed E-state index contributed by atoms with van der Waals surface area (Å²) in [6.45, 7) is 4.50. The number of nitrogens with zero attached hydrogens (tertiary/aromatic N) is 3. The summed E-state index contributed by atoms with van der Waals surface area (Å²) in [5.74, 6) is 0.419. The smallest absolute Gasteiger partial charge is 0.251 e. The van der Waals surface area contributed by atoms with Gasteiger partial charge in [-0.3, -0.25) is 9.59 Å². The number of ether oxygens (including phenoxy) is 1. The highest BCUT2D eigenvalue weighted by molar-refractivity contribution is 7.99. The number of nitrogens with one attached hydrogen (secondary N) is 2. The molecule has 0 saturated carbocycles. The number of anilines is 1. The van der Waals surface area contributed by atoms with Gasteiger partial charge in [-0.15, -0.1) is 10.2 Å². The molecule has 0 aliphatic carbocycles. The predicted octanol–water partition coefficient (Wildman–Crippen LogP) is 3.41. The van der Waals surface area contributed by atoms with Crippen molar-refractivity contribution < 1.29 is 18.7 Å². The Kier molecular flexibility index (Phi) is 7.82. The average Bonchev–Trinajstić information content (AvgIpc) is 3.20. The van der Waals surface area contributed by atoms with Crippen molar-refractivity contribution in [2.75, 3.05) is 18.2 Å². The fourth-order valence-electron chi connectivity index (χ4n) is 2.92. The first-order chi connectivity index (χ1) is 15.4. The number of hydrogen-bond donors (Lipinski definition) is 2. The average molecular weight is 458 g/mol. The van der Waals surface area contributed by atoms with Gasteiger partial charge < -0.3 is 19.9 Å². The van der Waals surface area contributed by atoms with Crippen molar-refractivity contribution in [3.8, 4) is 5.75 Å². The van der Waals surface area contributed by atoms with E-state index in [9.17, 15) is 14.0 Å². The first-order valence-electron chi connectivity index (χ1n) is 9.94. The zero-order valence-electron chi connectivity index (χ0n) is 18.0. The Hall–Kier alpha value is -3.40. The Morgan fingerprint density at radius 2 is 1.91 bits per heavy atom. The topological polar surface area (TPSA) is 98.1 Å². The van der Waals surface area contributed by atoms with Crippen LogP contribution in [0, 0.1) is 12.7 Å². The van der Waals surface area contributed by atoms with E-state index in [-0.39, 0.29) is 24.1 Å². The number of halogens is 1. The van der Waals surface area contributed by atoms with Crippen LogP contribution in [-0.2, 0) is 17.9 Å². The van der Waals surface area contributed by atoms with E-state index in [2.05, 4.69) is 20.8 Å². The number of carbonyl (C=O) groups is 2. The van der Waals surface area contributed by atoms with Crippen LogP contribution in [-0.4, -0.2) is 39.4 Å². The van der Waals surface area contributed by atoms with Crippen molar-refractivity contribution in [2.24, 2.45) is 0 Å². The van der Waals surface area contributed by atoms with Crippen LogP contribution in [0.3, 0.4) is 0 Å². The lowest BCUT2D eigenvalue weighted by Crippen LogP contribution is -2.24. The Bertz CT molecular complexity index is 1100. The molecule has 0 bridgehead atoms. The molecule has 3 rings (SSSR count). The van der Waals surface area contributed by atoms with Gasteiger partial charge in [0.1, 0.15) is 11.6 Å². The molecular formula is C22H24FN5O3S. The quantitative estimate of drug-likeness (QED) is 0.478. The number of carbonyl (C=O) groups excluding carboxylic acids is 2. The highest BCUT2D eigenvalue weighted by Crippen LogP contribution is 2.20. The number of benzene rings is 2. The molecule has 2 aromatic carbocycles. The van der Waals surface area contributed by atoms with Gasteiger partial charge in [0.15, 0.2) is 11.0 Å². The van der Waals surface area contributed by atoms with E-state index < -0.39 is 5.82 Å². The van der Waals surface area contributed by atoms with E-state index in [1.165, 1.54) is 23.9 Å². The number of thioether (sulfide) groups is 1. The van der Waals surface area contributed by atoms with Crippen LogP contribution in [0.2, 0.25) is 0 Å². The Morgan fingerprint density at radius 1 is 1.16 bits per heavy atom. The van der Waals surface area contributed by atoms with Gasteiger partial charge >= 0.3 is 0 Å². The summed E-state index contributed by atoms with van der Waals surface area (Å²) in [5.41, 5.74) is 1.72. The maximum absolute atomic E-state index is 13.4. The second-order valence-electron chi connectivity index (χ2n) is 6.85. The lowest BCUT2D eigenvalue weighted by atomic mass is 10.2. The molecule has 1 heterocycles. The van der Waals surface area contributed by atoms with Crippen molar-refractivity contribution in [3.05, 3.63) is 65.2 Å². The number of methoxy groups -OCH3 is 1. The van der Waals surface area contributed by atoms with Crippen LogP contribution in [0.4, 0.5) is 10.1 Å². The van der Waals surface area contributed by atoms with Crippen molar-refractivity contribution in [2.45, 2.75) is 32.1 Å². The molecule has 2 N–H and O–H groups in total. The molecule has 0 aliphatic heterocycles. The van der Waals surface area contributed by atoms with Gasteiger partial charge in [0.2, 0.25) is 5.91 Å². The van der Waals surface area contributed by atoms with E-state index in [4.69, 9.17) is 4.74 Å². The maximum atomic E-state index is 13.4. The second kappa shape index (κ2) is 10.8. The first-order valence-corrected chi connectivity index (χ1v) is 10.9. The van der Waals surface area contributed by atoms with Gasteiger partial charge in [0, 0.05) is 17.8 Å². The molecule has 0 atom stereocenters. The fraction of sp³-hybridized carbons (Fsp3) is 0.273. The van der Waals surface area contributed by atoms with Gasteiger partial charge in [-0.25, -0.2) is 4.39 Å². The zero-order valence-corrected chi connectivity index (χ0v) is 18.8. The van der Waals surface area contributed by atoms with Gasteiger partial charge in [0.05, 0.1) is 19.4 Å². The monoisotopic (exact) mass is 457 g/mol. The number of hydrogen-bond acceptors (Lipinski definition) is 6. The van der Waals surface area contributed by atoms with Crippen LogP contribution in [0.5, 0.6) is 5.75 Å². The Morgan fingerprint density at radius 3 is 2.59 bits per heavy atom. The molecule has 8 nitrogen and oxygen atoms in total. The van der Waals surface area contributed by atoms with Crippen molar-refractivity contribution in [1.82, 2.24) is 20.1 Å². The summed E-state index contributed by atoms with van der Waals surface area (Å²) in [4.78, 5) is 24.7. The normalized spacial score (nSPS) is 10.6. The molecule has 0 saturated heterocycles. The number of aromatic nitrogens is 3. The highest BCUT2D eigenvalue weighted by atomic mass is 32.2. The molecule has 0 spiro atoms. The largest absolute Gasteiger partial charge is 0.497 e. The minimum absolute atomic E-state index is 0.0896. The molecule has 2 amide bonds. The van der Waals surface area contributed by atoms with Crippen molar-refractivity contribution in [3.63, 3.8) is 0 Å². The number of rotatable bonds is 9. The molecule has 168 valence electrons. The summed E-state index contributed by atoms with van der Waals surface area (Å²) in [5, 5.41) is 14.4. The van der Waals surface area contributed by atoms with E-state index in [1.54, 1.807) is 44.4 Å². The van der Waals surface area contributed by atoms with Gasteiger partial charge in [-0.1, -0.05) is 17.8 Å². The minimum Gasteiger partial charge on any atom is -0.497 e. The van der Waals surface area contributed by atoms with Gasteiger partial charge in [0.25, 0.3) is 5.91 Å². The fourth-order valence-corrected chi connectivity index (χ4v) is 3.74. The standard InChI is InChI=1S/C22H24FN5O3S/c1-4-28-19(12-24-21(30)15-6-9-17(31-3)10-7-15)26-27-22(28)32-13-20(29)25-18-11-16(23)8-5-14(18)2/h5-11H,4,12-13H2,1-3H3,(H,24,30)(H,25,29). The highest BCUT2D eigenvalue weighted by Gasteiger charge is 2.15. The third-order valence-corrected chi connectivity index (χ3v) is 5.64. The summed E-state index contributed by atoms with van der Waals surface area (Å²) in [6, 6.07) is 11.0. The van der Waals surface area contributed by atoms with Crippen LogP contribution in [0.15, 0.2) is 47.6 Å². The third-order valence-electron chi connectivity index (χ3n) is 4.68. The molecule has 32 heavy (non-hydrogen) atoms. The Balaban J connectivity index is 1.57. The zero-order chi connectivity index (χ0) is 23.1. The summed E-state index contributed by atoms with van der Waals surface area (Å²) >= 11 is 1.22. The molecule has 3 aromatic rings. The lowest BCUT2D eigenvalue weighted by molar-refractivity contribution is -0.113. The number of aryl methyl sites for hydroxylation is 1. The summed E-state index contributed by atoms with van der Waals surface area (Å²) in [7, 11) is 1.56. The van der Waals surface area contributed by atoms with Crippen LogP contribution in [0.25, 0.3) is 0 Å². The van der Waals surface area contributed by atoms with Crippen LogP contribution >= 0.6 is 11.8 Å². The van der Waals surface area contributed by atoms with Crippen molar-refractivity contribution >= 4 is 29.3 Å². The Labute approximate surface area is 189 Å². The first kappa shape index (κ1) is 23.3. The molecule has 0 unspecified atom stereocenters. The van der Waals surface area contributed by atoms with Crippen LogP contribution < -0.4 is 15.4 Å². The molecule has 0 radical (unpaired) electrons. The minimum atomic E-state index is -0.411. The maximum Gasteiger partial charge on any atom is 0.251 e. The lowest BCUT2D eigenvalue weighted by Gasteiger charge is -2.10. The molecule has 10 heteroatoms. The SMILES string of the molecule is CCn1c(CNC(=O)c2ccc(OC)cc2)nnc1SCC(=O)Nc1cc(F)ccc1C. The van der Waals surface area contributed by atoms with Gasteiger partial charge in [-0.2, -0.15) is 0 Å². The van der Waals surface area contributed by atoms with Crippen LogP contribution in [0.1, 0.15) is 28.7 Å². The van der Waals surface area contributed by atoms with E-state index in [0.29, 0.717) is 34.5 Å².